The van der Waals surface area contributed by atoms with Crippen LogP contribution < -0.4 is 9.64 Å². The topological polar surface area (TPSA) is 106 Å². The first-order valence-electron chi connectivity index (χ1n) is 10.6. The summed E-state index contributed by atoms with van der Waals surface area (Å²) in [5, 5.41) is 11.1. The summed E-state index contributed by atoms with van der Waals surface area (Å²) in [6.07, 6.45) is 0. The largest absolute Gasteiger partial charge is 0.507 e. The molecule has 0 saturated carbocycles. The summed E-state index contributed by atoms with van der Waals surface area (Å²) >= 11 is 0.853. The molecule has 10 heteroatoms. The van der Waals surface area contributed by atoms with Gasteiger partial charge in [0.15, 0.2) is 5.13 Å². The van der Waals surface area contributed by atoms with E-state index in [0.717, 1.165) is 16.2 Å². The van der Waals surface area contributed by atoms with E-state index in [1.807, 2.05) is 0 Å². The van der Waals surface area contributed by atoms with Crippen molar-refractivity contribution in [3.8, 4) is 5.75 Å². The van der Waals surface area contributed by atoms with Crippen molar-refractivity contribution in [2.24, 2.45) is 0 Å². The lowest BCUT2D eigenvalue weighted by molar-refractivity contribution is -0.132. The van der Waals surface area contributed by atoms with Crippen molar-refractivity contribution in [2.75, 3.05) is 18.6 Å². The standard InChI is InChI=1S/C25H21FN2O6S/c1-4-34-24(32)22-13(2)27-25(35-22)28-19(16-7-5-6-8-17(16)26)18(21(30)23(28)31)20(29)14-9-11-15(33-3)12-10-14/h5-12,19,29H,4H2,1-3H3/b20-18+. The second kappa shape index (κ2) is 9.67. The lowest BCUT2D eigenvalue weighted by Crippen LogP contribution is -2.29. The predicted octanol–water partition coefficient (Wildman–Crippen LogP) is 4.40. The van der Waals surface area contributed by atoms with E-state index < -0.39 is 35.3 Å². The number of anilines is 1. The number of aromatic nitrogens is 1. The van der Waals surface area contributed by atoms with Gasteiger partial charge in [0.05, 0.1) is 25.0 Å². The Bertz CT molecular complexity index is 1350. The number of ketones is 1. The summed E-state index contributed by atoms with van der Waals surface area (Å²) in [5.41, 5.74) is 0.239. The second-order valence-corrected chi connectivity index (χ2v) is 8.53. The van der Waals surface area contributed by atoms with Crippen molar-refractivity contribution in [3.63, 3.8) is 0 Å². The summed E-state index contributed by atoms with van der Waals surface area (Å²) in [6.45, 7) is 3.37. The van der Waals surface area contributed by atoms with E-state index in [9.17, 15) is 23.9 Å². The first-order valence-corrected chi connectivity index (χ1v) is 11.4. The highest BCUT2D eigenvalue weighted by atomic mass is 32.1. The molecule has 0 aliphatic carbocycles. The van der Waals surface area contributed by atoms with Crippen LogP contribution in [0.5, 0.6) is 5.75 Å². The van der Waals surface area contributed by atoms with Gasteiger partial charge in [0.1, 0.15) is 28.2 Å². The Morgan fingerprint density at radius 1 is 1.17 bits per heavy atom. The van der Waals surface area contributed by atoms with Crippen molar-refractivity contribution in [1.82, 2.24) is 4.98 Å². The Morgan fingerprint density at radius 3 is 2.49 bits per heavy atom. The number of halogens is 1. The molecule has 1 unspecified atom stereocenters. The van der Waals surface area contributed by atoms with Gasteiger partial charge in [-0.2, -0.15) is 0 Å². The van der Waals surface area contributed by atoms with Crippen LogP contribution in [0.2, 0.25) is 0 Å². The van der Waals surface area contributed by atoms with Crippen LogP contribution in [-0.2, 0) is 14.3 Å². The molecule has 0 bridgehead atoms. The third-order valence-electron chi connectivity index (χ3n) is 5.46. The van der Waals surface area contributed by atoms with Gasteiger partial charge in [0.2, 0.25) is 0 Å². The zero-order valence-electron chi connectivity index (χ0n) is 19.1. The van der Waals surface area contributed by atoms with Crippen molar-refractivity contribution >= 4 is 39.9 Å². The number of methoxy groups -OCH3 is 1. The average Bonchev–Trinajstić information content (AvgIpc) is 3.36. The fraction of sp³-hybridized carbons (Fsp3) is 0.200. The van der Waals surface area contributed by atoms with E-state index >= 15 is 0 Å². The number of aliphatic hydroxyl groups excluding tert-OH is 1. The summed E-state index contributed by atoms with van der Waals surface area (Å²) in [4.78, 5) is 44.2. The number of aliphatic hydroxyl groups is 1. The fourth-order valence-electron chi connectivity index (χ4n) is 3.80. The van der Waals surface area contributed by atoms with E-state index in [1.54, 1.807) is 32.0 Å². The van der Waals surface area contributed by atoms with Crippen LogP contribution in [0.4, 0.5) is 9.52 Å². The van der Waals surface area contributed by atoms with Crippen molar-refractivity contribution in [2.45, 2.75) is 19.9 Å². The molecule has 1 N–H and O–H groups in total. The number of ether oxygens (including phenoxy) is 2. The number of rotatable bonds is 6. The molecule has 35 heavy (non-hydrogen) atoms. The van der Waals surface area contributed by atoms with E-state index in [4.69, 9.17) is 9.47 Å². The number of carbonyl (C=O) groups excluding carboxylic acids is 3. The quantitative estimate of drug-likeness (QED) is 0.233. The maximum atomic E-state index is 15.0. The van der Waals surface area contributed by atoms with Crippen molar-refractivity contribution in [3.05, 3.63) is 81.6 Å². The van der Waals surface area contributed by atoms with Gasteiger partial charge in [-0.1, -0.05) is 29.5 Å². The minimum absolute atomic E-state index is 0.00713. The van der Waals surface area contributed by atoms with Gasteiger partial charge in [-0.15, -0.1) is 0 Å². The highest BCUT2D eigenvalue weighted by Gasteiger charge is 2.49. The number of esters is 1. The van der Waals surface area contributed by atoms with E-state index in [1.165, 1.54) is 37.4 Å². The first kappa shape index (κ1) is 24.1. The van der Waals surface area contributed by atoms with Gasteiger partial charge in [0.25, 0.3) is 5.78 Å². The first-order chi connectivity index (χ1) is 16.8. The van der Waals surface area contributed by atoms with Crippen molar-refractivity contribution in [1.29, 1.82) is 0 Å². The maximum absolute atomic E-state index is 15.0. The van der Waals surface area contributed by atoms with Gasteiger partial charge >= 0.3 is 11.9 Å². The number of benzene rings is 2. The minimum atomic E-state index is -1.31. The summed E-state index contributed by atoms with van der Waals surface area (Å²) < 4.78 is 25.1. The van der Waals surface area contributed by atoms with Crippen LogP contribution in [0.3, 0.4) is 0 Å². The number of nitrogens with zero attached hydrogens (tertiary/aromatic N) is 2. The molecule has 2 aromatic carbocycles. The maximum Gasteiger partial charge on any atom is 0.350 e. The zero-order valence-corrected chi connectivity index (χ0v) is 19.9. The molecule has 1 fully saturated rings. The van der Waals surface area contributed by atoms with E-state index in [2.05, 4.69) is 4.98 Å². The lowest BCUT2D eigenvalue weighted by atomic mass is 9.95. The molecule has 1 aliphatic heterocycles. The number of carbonyl (C=O) groups is 3. The van der Waals surface area contributed by atoms with Crippen LogP contribution in [0, 0.1) is 12.7 Å². The smallest absolute Gasteiger partial charge is 0.350 e. The van der Waals surface area contributed by atoms with Crippen molar-refractivity contribution < 1.29 is 33.4 Å². The summed E-state index contributed by atoms with van der Waals surface area (Å²) in [7, 11) is 1.49. The summed E-state index contributed by atoms with van der Waals surface area (Å²) in [5.74, 6) is -3.25. The van der Waals surface area contributed by atoms with E-state index in [0.29, 0.717) is 11.4 Å². The molecular weight excluding hydrogens is 475 g/mol. The molecule has 2 heterocycles. The molecule has 0 radical (unpaired) electrons. The van der Waals surface area contributed by atoms with Gasteiger partial charge in [-0.3, -0.25) is 14.5 Å². The predicted molar refractivity (Wildman–Crippen MR) is 127 cm³/mol. The molecule has 180 valence electrons. The molecule has 1 saturated heterocycles. The average molecular weight is 497 g/mol. The molecule has 1 aliphatic rings. The molecule has 1 amide bonds. The Labute approximate surface area is 204 Å². The molecular formula is C25H21FN2O6S. The summed E-state index contributed by atoms with van der Waals surface area (Å²) in [6, 6.07) is 10.5. The molecule has 1 atom stereocenters. The number of amides is 1. The van der Waals surface area contributed by atoms with Crippen LogP contribution in [0.15, 0.2) is 54.1 Å². The SMILES string of the molecule is CCOC(=O)c1sc(N2C(=O)C(=O)/C(=C(/O)c3ccc(OC)cc3)C2c2ccccc2F)nc1C. The zero-order chi connectivity index (χ0) is 25.3. The van der Waals surface area contributed by atoms with Gasteiger partial charge in [-0.05, 0) is 44.2 Å². The van der Waals surface area contributed by atoms with Crippen LogP contribution in [0.1, 0.15) is 39.5 Å². The van der Waals surface area contributed by atoms with Crippen LogP contribution in [-0.4, -0.2) is 41.5 Å². The second-order valence-electron chi connectivity index (χ2n) is 7.55. The molecule has 3 aromatic rings. The number of thiazole rings is 1. The number of hydrogen-bond donors (Lipinski definition) is 1. The number of Topliss-reactive ketones (excluding diaryl/α,β-unsaturated/α-hetero) is 1. The third-order valence-corrected chi connectivity index (χ3v) is 6.60. The fourth-order valence-corrected chi connectivity index (χ4v) is 4.78. The Hall–Kier alpha value is -4.05. The molecule has 1 aromatic heterocycles. The van der Waals surface area contributed by atoms with Crippen LogP contribution in [0.25, 0.3) is 5.76 Å². The molecule has 0 spiro atoms. The highest BCUT2D eigenvalue weighted by Crippen LogP contribution is 2.44. The number of aryl methyl sites for hydroxylation is 1. The minimum Gasteiger partial charge on any atom is -0.507 e. The van der Waals surface area contributed by atoms with Gasteiger partial charge in [0, 0.05) is 11.1 Å². The van der Waals surface area contributed by atoms with E-state index in [-0.39, 0.29) is 33.3 Å². The molecule has 4 rings (SSSR count). The monoisotopic (exact) mass is 496 g/mol. The lowest BCUT2D eigenvalue weighted by Gasteiger charge is -2.23. The third kappa shape index (κ3) is 4.28. The highest BCUT2D eigenvalue weighted by molar-refractivity contribution is 7.17. The van der Waals surface area contributed by atoms with Gasteiger partial charge in [-0.25, -0.2) is 14.2 Å². The Kier molecular flexibility index (Phi) is 6.65. The van der Waals surface area contributed by atoms with Gasteiger partial charge < -0.3 is 14.6 Å². The van der Waals surface area contributed by atoms with Crippen LogP contribution >= 0.6 is 11.3 Å². The number of hydrogen-bond acceptors (Lipinski definition) is 8. The Morgan fingerprint density at radius 2 is 1.86 bits per heavy atom. The molecule has 8 nitrogen and oxygen atoms in total. The normalized spacial score (nSPS) is 17.0. The Balaban J connectivity index is 1.91.